The molecule has 0 aromatic carbocycles. The molecule has 0 aliphatic heterocycles. The van der Waals surface area contributed by atoms with E-state index in [0.717, 1.165) is 0 Å². The molecule has 4 heteroatoms. The molecule has 4 heavy (non-hydrogen) atoms. The van der Waals surface area contributed by atoms with Gasteiger partial charge in [-0.15, -0.1) is 0 Å². The minimum atomic E-state index is 0. The van der Waals surface area contributed by atoms with Gasteiger partial charge in [0.1, 0.15) is 0 Å². The molecule has 0 unspecified atom stereocenters. The van der Waals surface area contributed by atoms with Gasteiger partial charge in [0.15, 0.2) is 0 Å². The molecule has 1 radical (unpaired) electrons. The summed E-state index contributed by atoms with van der Waals surface area (Å²) in [5.74, 6) is 0. The summed E-state index contributed by atoms with van der Waals surface area (Å²) in [5.41, 5.74) is 0. The molecule has 0 atom stereocenters. The van der Waals surface area contributed by atoms with Crippen LogP contribution in [0, 0.1) is 0 Å². The van der Waals surface area contributed by atoms with E-state index in [1.54, 1.807) is 0 Å². The Hall–Kier alpha value is 1.57. The average molecular weight is 280 g/mol. The van der Waals surface area contributed by atoms with Crippen molar-refractivity contribution in [3.05, 3.63) is 0 Å². The van der Waals surface area contributed by atoms with Gasteiger partial charge >= 0.3 is 49.4 Å². The molecule has 0 rings (SSSR count). The monoisotopic (exact) mass is 282 g/mol. The van der Waals surface area contributed by atoms with Crippen LogP contribution in [0.15, 0.2) is 0 Å². The van der Waals surface area contributed by atoms with Crippen LogP contribution in [0.25, 0.3) is 0 Å². The molecule has 0 aliphatic carbocycles. The Kier molecular flexibility index (Phi) is 279. The van der Waals surface area contributed by atoms with E-state index in [-0.39, 0.29) is 60.3 Å². The molecule has 0 saturated carbocycles. The zero-order chi connectivity index (χ0) is 0. The maximum absolute atomic E-state index is 0. The molecule has 0 fully saturated rings. The first-order valence-electron chi connectivity index (χ1n) is 0. The molecular weight excluding hydrogens is 280 g/mol. The third-order valence-electron chi connectivity index (χ3n) is 0. The average Bonchev–Trinajstić information content (AvgIpc) is 0. The SMILES string of the molecule is [Hg+].[O-2].[O-2].[Ti+4]. The van der Waals surface area contributed by atoms with E-state index in [4.69, 9.17) is 0 Å². The van der Waals surface area contributed by atoms with Gasteiger partial charge in [0.25, 0.3) is 0 Å². The molecule has 0 aromatic rings. The smallest absolute Gasteiger partial charge is 2.00 e. The quantitative estimate of drug-likeness (QED) is 0.550. The van der Waals surface area contributed by atoms with Crippen LogP contribution in [0.4, 0.5) is 0 Å². The van der Waals surface area contributed by atoms with Crippen molar-refractivity contribution >= 4 is 0 Å². The van der Waals surface area contributed by atoms with E-state index in [1.165, 1.54) is 0 Å². The van der Waals surface area contributed by atoms with Gasteiger partial charge in [0.05, 0.1) is 0 Å². The molecule has 0 amide bonds. The fourth-order valence-electron chi connectivity index (χ4n) is 0. The fraction of sp³-hybridized carbons (Fsp3) is 0. The molecule has 0 saturated heterocycles. The predicted octanol–water partition coefficient (Wildman–Crippen LogP) is -0.243. The minimum Gasteiger partial charge on any atom is -2.00 e. The van der Waals surface area contributed by atoms with Crippen molar-refractivity contribution in [3.8, 4) is 0 Å². The van der Waals surface area contributed by atoms with Gasteiger partial charge < -0.3 is 11.0 Å². The molecule has 17 valence electrons. The van der Waals surface area contributed by atoms with Crippen molar-refractivity contribution < 1.29 is 60.3 Å². The van der Waals surface area contributed by atoms with Crippen molar-refractivity contribution in [1.82, 2.24) is 0 Å². The van der Waals surface area contributed by atoms with Crippen LogP contribution >= 0.6 is 0 Å². The molecule has 0 spiro atoms. The zero-order valence-electron chi connectivity index (χ0n) is 2.02. The Bertz CT molecular complexity index is 6.00. The summed E-state index contributed by atoms with van der Waals surface area (Å²) >= 11 is 0. The van der Waals surface area contributed by atoms with Crippen LogP contribution in [0.5, 0.6) is 0 Å². The van der Waals surface area contributed by atoms with Gasteiger partial charge in [0.2, 0.25) is 0 Å². The molecular formula is HgO2Ti+. The summed E-state index contributed by atoms with van der Waals surface area (Å²) in [6.07, 6.45) is 0. The Morgan fingerprint density at radius 2 is 0.750 bits per heavy atom. The molecule has 0 N–H and O–H groups in total. The summed E-state index contributed by atoms with van der Waals surface area (Å²) in [4.78, 5) is 0. The third-order valence-corrected chi connectivity index (χ3v) is 0. The van der Waals surface area contributed by atoms with Gasteiger partial charge in [0, 0.05) is 0 Å². The van der Waals surface area contributed by atoms with Crippen LogP contribution in [0.2, 0.25) is 0 Å². The van der Waals surface area contributed by atoms with Crippen LogP contribution in [-0.4, -0.2) is 0 Å². The largest absolute Gasteiger partial charge is 4.00 e. The number of hydrogen-bond donors (Lipinski definition) is 0. The normalized spacial score (nSPS) is 0. The Morgan fingerprint density at radius 3 is 0.750 bits per heavy atom. The van der Waals surface area contributed by atoms with E-state index in [2.05, 4.69) is 0 Å². The second kappa shape index (κ2) is 23.6. The Morgan fingerprint density at radius 1 is 0.750 bits per heavy atom. The summed E-state index contributed by atoms with van der Waals surface area (Å²) in [6.45, 7) is 0. The van der Waals surface area contributed by atoms with Crippen molar-refractivity contribution in [2.24, 2.45) is 0 Å². The van der Waals surface area contributed by atoms with Crippen molar-refractivity contribution in [2.75, 3.05) is 0 Å². The van der Waals surface area contributed by atoms with Crippen LogP contribution in [0.3, 0.4) is 0 Å². The summed E-state index contributed by atoms with van der Waals surface area (Å²) in [5, 5.41) is 0. The second-order valence-corrected chi connectivity index (χ2v) is 0. The Balaban J connectivity index is 0. The van der Waals surface area contributed by atoms with Crippen molar-refractivity contribution in [1.29, 1.82) is 0 Å². The minimum absolute atomic E-state index is 0. The van der Waals surface area contributed by atoms with Crippen LogP contribution in [-0.2, 0) is 60.3 Å². The first kappa shape index (κ1) is 47.2. The number of hydrogen-bond acceptors (Lipinski definition) is 0. The predicted molar refractivity (Wildman–Crippen MR) is 1.37 cm³/mol. The summed E-state index contributed by atoms with van der Waals surface area (Å²) < 4.78 is 0. The van der Waals surface area contributed by atoms with Gasteiger partial charge in [-0.3, -0.25) is 0 Å². The zero-order valence-corrected chi connectivity index (χ0v) is 9.08. The maximum Gasteiger partial charge on any atom is 4.00 e. The molecule has 0 bridgehead atoms. The van der Waals surface area contributed by atoms with Crippen molar-refractivity contribution in [2.45, 2.75) is 0 Å². The summed E-state index contributed by atoms with van der Waals surface area (Å²) in [6, 6.07) is 0. The molecule has 0 heterocycles. The molecule has 0 aliphatic rings. The second-order valence-electron chi connectivity index (χ2n) is 0. The van der Waals surface area contributed by atoms with Gasteiger partial charge in [-0.05, 0) is 0 Å². The maximum atomic E-state index is 0. The van der Waals surface area contributed by atoms with E-state index >= 15 is 0 Å². The van der Waals surface area contributed by atoms with Crippen LogP contribution < -0.4 is 0 Å². The molecule has 0 aromatic heterocycles. The van der Waals surface area contributed by atoms with Gasteiger partial charge in [-0.25, -0.2) is 0 Å². The first-order valence-corrected chi connectivity index (χ1v) is 0. The van der Waals surface area contributed by atoms with Gasteiger partial charge in [-0.2, -0.15) is 0 Å². The third kappa shape index (κ3) is 9.57. The molecule has 2 nitrogen and oxygen atoms in total. The fourth-order valence-corrected chi connectivity index (χ4v) is 0. The van der Waals surface area contributed by atoms with Crippen LogP contribution in [0.1, 0.15) is 0 Å². The van der Waals surface area contributed by atoms with Gasteiger partial charge in [-0.1, -0.05) is 0 Å². The summed E-state index contributed by atoms with van der Waals surface area (Å²) in [7, 11) is 0. The topological polar surface area (TPSA) is 57.0 Å². The van der Waals surface area contributed by atoms with E-state index in [1.807, 2.05) is 0 Å². The number of rotatable bonds is 0. The Labute approximate surface area is 60.0 Å². The van der Waals surface area contributed by atoms with E-state index in [9.17, 15) is 0 Å². The first-order chi connectivity index (χ1) is 0. The van der Waals surface area contributed by atoms with Crippen molar-refractivity contribution in [3.63, 3.8) is 0 Å². The van der Waals surface area contributed by atoms with E-state index in [0.29, 0.717) is 0 Å². The van der Waals surface area contributed by atoms with E-state index < -0.39 is 0 Å². The standard InChI is InChI=1S/Hg.2O.Ti/q+1;2*-2;+4.